The molecule has 1 aliphatic rings. The lowest BCUT2D eigenvalue weighted by atomic mass is 10.1. The van der Waals surface area contributed by atoms with E-state index in [4.69, 9.17) is 16.3 Å². The molecule has 0 saturated heterocycles. The second-order valence-electron chi connectivity index (χ2n) is 4.47. The molecule has 0 aliphatic carbocycles. The highest BCUT2D eigenvalue weighted by Crippen LogP contribution is 2.37. The number of aryl methyl sites for hydroxylation is 1. The zero-order valence-corrected chi connectivity index (χ0v) is 12.2. The molecule has 1 aliphatic heterocycles. The van der Waals surface area contributed by atoms with Gasteiger partial charge in [0, 0.05) is 17.8 Å². The second-order valence-corrected chi connectivity index (χ2v) is 5.84. The molecular weight excluding hydrogens is 299 g/mol. The van der Waals surface area contributed by atoms with E-state index in [-0.39, 0.29) is 11.1 Å². The average molecular weight is 311 g/mol. The van der Waals surface area contributed by atoms with Gasteiger partial charge in [-0.15, -0.1) is 0 Å². The molecule has 0 bridgehead atoms. The van der Waals surface area contributed by atoms with Gasteiger partial charge in [-0.05, 0) is 43.0 Å². The Bertz CT molecular complexity index is 639. The Morgan fingerprint density at radius 2 is 2.20 bits per heavy atom. The van der Waals surface area contributed by atoms with Crippen LogP contribution in [0.3, 0.4) is 0 Å². The van der Waals surface area contributed by atoms with Crippen molar-refractivity contribution in [1.29, 1.82) is 0 Å². The summed E-state index contributed by atoms with van der Waals surface area (Å²) in [6.45, 7) is 0.584. The third-order valence-electron chi connectivity index (χ3n) is 3.01. The lowest BCUT2D eigenvalue weighted by Gasteiger charge is -2.15. The number of benzene rings is 1. The summed E-state index contributed by atoms with van der Waals surface area (Å²) in [5, 5.41) is 1.03. The van der Waals surface area contributed by atoms with E-state index in [0.29, 0.717) is 12.4 Å². The summed E-state index contributed by atoms with van der Waals surface area (Å²) in [4.78, 5) is 9.15. The molecule has 0 atom stereocenters. The molecule has 3 rings (SSSR count). The molecule has 6 heteroatoms. The van der Waals surface area contributed by atoms with Gasteiger partial charge in [0.2, 0.25) is 5.28 Å². The van der Waals surface area contributed by atoms with Crippen LogP contribution in [-0.2, 0) is 6.42 Å². The van der Waals surface area contributed by atoms with Gasteiger partial charge in [0.15, 0.2) is 0 Å². The fourth-order valence-electron chi connectivity index (χ4n) is 2.01. The van der Waals surface area contributed by atoms with Crippen molar-refractivity contribution in [3.63, 3.8) is 0 Å². The SMILES string of the molecule is Fc1ccc2c(c1)OCCCCc1cnc(Cl)nc1S2. The van der Waals surface area contributed by atoms with Crippen LogP contribution in [0.2, 0.25) is 5.28 Å². The Kier molecular flexibility index (Phi) is 4.08. The van der Waals surface area contributed by atoms with E-state index in [2.05, 4.69) is 9.97 Å². The van der Waals surface area contributed by atoms with Crippen LogP contribution < -0.4 is 4.74 Å². The van der Waals surface area contributed by atoms with Gasteiger partial charge in [-0.3, -0.25) is 0 Å². The number of rotatable bonds is 0. The monoisotopic (exact) mass is 310 g/mol. The fraction of sp³-hybridized carbons (Fsp3) is 0.286. The van der Waals surface area contributed by atoms with E-state index in [1.165, 1.54) is 23.9 Å². The number of ether oxygens (including phenoxy) is 1. The Morgan fingerprint density at radius 3 is 3.10 bits per heavy atom. The topological polar surface area (TPSA) is 35.0 Å². The molecule has 0 unspecified atom stereocenters. The van der Waals surface area contributed by atoms with Gasteiger partial charge >= 0.3 is 0 Å². The van der Waals surface area contributed by atoms with E-state index in [9.17, 15) is 4.39 Å². The van der Waals surface area contributed by atoms with Crippen LogP contribution in [0.4, 0.5) is 4.39 Å². The molecule has 0 radical (unpaired) electrons. The quantitative estimate of drug-likeness (QED) is 0.541. The number of fused-ring (bicyclic) bond motifs is 2. The van der Waals surface area contributed by atoms with Crippen molar-refractivity contribution in [2.75, 3.05) is 6.61 Å². The van der Waals surface area contributed by atoms with E-state index < -0.39 is 0 Å². The van der Waals surface area contributed by atoms with Crippen LogP contribution in [-0.4, -0.2) is 16.6 Å². The number of halogens is 2. The summed E-state index contributed by atoms with van der Waals surface area (Å²) >= 11 is 7.30. The minimum atomic E-state index is -0.303. The number of aromatic nitrogens is 2. The molecule has 2 aromatic rings. The Labute approximate surface area is 125 Å². The molecule has 0 saturated carbocycles. The highest BCUT2D eigenvalue weighted by atomic mass is 35.5. The van der Waals surface area contributed by atoms with Crippen molar-refractivity contribution in [1.82, 2.24) is 9.97 Å². The third-order valence-corrected chi connectivity index (χ3v) is 4.29. The Morgan fingerprint density at radius 1 is 1.30 bits per heavy atom. The molecule has 0 fully saturated rings. The van der Waals surface area contributed by atoms with Gasteiger partial charge in [0.25, 0.3) is 0 Å². The Balaban J connectivity index is 2.03. The minimum Gasteiger partial charge on any atom is -0.492 e. The van der Waals surface area contributed by atoms with Crippen LogP contribution >= 0.6 is 23.4 Å². The molecule has 104 valence electrons. The lowest BCUT2D eigenvalue weighted by Crippen LogP contribution is -2.03. The predicted octanol–water partition coefficient (Wildman–Crippen LogP) is 4.14. The first-order chi connectivity index (χ1) is 9.72. The maximum atomic E-state index is 13.3. The molecular formula is C14H12ClFN2OS. The molecule has 3 nitrogen and oxygen atoms in total. The summed E-state index contributed by atoms with van der Waals surface area (Å²) in [6, 6.07) is 4.53. The molecule has 1 aromatic heterocycles. The summed E-state index contributed by atoms with van der Waals surface area (Å²) < 4.78 is 19.0. The first kappa shape index (κ1) is 13.6. The third kappa shape index (κ3) is 3.04. The smallest absolute Gasteiger partial charge is 0.223 e. The van der Waals surface area contributed by atoms with Crippen LogP contribution in [0.25, 0.3) is 0 Å². The van der Waals surface area contributed by atoms with E-state index >= 15 is 0 Å². The molecule has 0 N–H and O–H groups in total. The highest BCUT2D eigenvalue weighted by Gasteiger charge is 2.14. The van der Waals surface area contributed by atoms with Gasteiger partial charge in [0.1, 0.15) is 16.6 Å². The van der Waals surface area contributed by atoms with Crippen LogP contribution in [0.15, 0.2) is 34.3 Å². The zero-order valence-electron chi connectivity index (χ0n) is 10.6. The van der Waals surface area contributed by atoms with Gasteiger partial charge in [-0.1, -0.05) is 11.8 Å². The highest BCUT2D eigenvalue weighted by molar-refractivity contribution is 7.99. The minimum absolute atomic E-state index is 0.220. The van der Waals surface area contributed by atoms with Crippen molar-refractivity contribution in [2.24, 2.45) is 0 Å². The van der Waals surface area contributed by atoms with Crippen molar-refractivity contribution in [2.45, 2.75) is 29.2 Å². The van der Waals surface area contributed by atoms with Crippen LogP contribution in [0, 0.1) is 5.82 Å². The normalized spacial score (nSPS) is 14.9. The standard InChI is InChI=1S/C14H12ClFN2OS/c15-14-17-8-9-3-1-2-6-19-11-7-10(16)4-5-12(11)20-13(9)18-14/h4-5,7-8H,1-3,6H2. The van der Waals surface area contributed by atoms with Gasteiger partial charge in [0.05, 0.1) is 11.5 Å². The van der Waals surface area contributed by atoms with Gasteiger partial charge in [-0.25, -0.2) is 14.4 Å². The molecule has 0 amide bonds. The summed E-state index contributed by atoms with van der Waals surface area (Å²) in [5.41, 5.74) is 1.07. The lowest BCUT2D eigenvalue weighted by molar-refractivity contribution is 0.298. The van der Waals surface area contributed by atoms with Crippen molar-refractivity contribution < 1.29 is 9.13 Å². The summed E-state index contributed by atoms with van der Waals surface area (Å²) in [7, 11) is 0. The number of hydrogen-bond acceptors (Lipinski definition) is 4. The molecule has 1 aromatic carbocycles. The van der Waals surface area contributed by atoms with Gasteiger partial charge in [-0.2, -0.15) is 0 Å². The molecule has 2 heterocycles. The molecule has 0 spiro atoms. The van der Waals surface area contributed by atoms with Gasteiger partial charge < -0.3 is 4.74 Å². The van der Waals surface area contributed by atoms with Crippen molar-refractivity contribution in [3.05, 3.63) is 41.1 Å². The number of nitrogens with zero attached hydrogens (tertiary/aromatic N) is 2. The van der Waals surface area contributed by atoms with E-state index in [1.807, 2.05) is 0 Å². The maximum Gasteiger partial charge on any atom is 0.223 e. The molecule has 20 heavy (non-hydrogen) atoms. The average Bonchev–Trinajstić information content (AvgIpc) is 2.43. The second kappa shape index (κ2) is 5.97. The zero-order chi connectivity index (χ0) is 13.9. The van der Waals surface area contributed by atoms with E-state index in [0.717, 1.165) is 34.7 Å². The van der Waals surface area contributed by atoms with E-state index in [1.54, 1.807) is 12.3 Å². The van der Waals surface area contributed by atoms with Crippen molar-refractivity contribution in [3.8, 4) is 5.75 Å². The van der Waals surface area contributed by atoms with Crippen LogP contribution in [0.1, 0.15) is 18.4 Å². The maximum absolute atomic E-state index is 13.3. The first-order valence-electron chi connectivity index (χ1n) is 6.34. The summed E-state index contributed by atoms with van der Waals surface area (Å²) in [6.07, 6.45) is 4.54. The first-order valence-corrected chi connectivity index (χ1v) is 7.53. The predicted molar refractivity (Wildman–Crippen MR) is 76.0 cm³/mol. The van der Waals surface area contributed by atoms with Crippen molar-refractivity contribution >= 4 is 23.4 Å². The largest absolute Gasteiger partial charge is 0.492 e. The Hall–Kier alpha value is -1.33. The number of hydrogen-bond donors (Lipinski definition) is 0. The fourth-order valence-corrected chi connectivity index (χ4v) is 3.18. The van der Waals surface area contributed by atoms with Crippen LogP contribution in [0.5, 0.6) is 5.75 Å². The summed E-state index contributed by atoms with van der Waals surface area (Å²) in [5.74, 6) is 0.250.